The predicted molar refractivity (Wildman–Crippen MR) is 128 cm³/mol. The third-order valence-electron chi connectivity index (χ3n) is 5.42. The predicted octanol–water partition coefficient (Wildman–Crippen LogP) is 4.97. The van der Waals surface area contributed by atoms with Crippen molar-refractivity contribution < 1.29 is 31.1 Å². The standard InChI is InChI=1S/C23H27F3N4O4S/c1-11(2)30-16-10-17(34-22(25)26)15(24)9-14(16)19(21(27)31)20(30)13-7-8-18(28-12(13)3)29-35(32,33)23(4,5)6/h7-11,22H,1-6H3,(H2,27,31)(H,28,29). The zero-order valence-electron chi connectivity index (χ0n) is 20.1. The van der Waals surface area contributed by atoms with E-state index >= 15 is 0 Å². The minimum absolute atomic E-state index is 0.0240. The number of hydrogen-bond donors (Lipinski definition) is 2. The van der Waals surface area contributed by atoms with Crippen LogP contribution in [0.2, 0.25) is 0 Å². The number of carbonyl (C=O) groups excluding carboxylic acids is 1. The molecule has 0 aliphatic rings. The van der Waals surface area contributed by atoms with Crippen LogP contribution in [-0.2, 0) is 10.0 Å². The van der Waals surface area contributed by atoms with Gasteiger partial charge >= 0.3 is 6.61 Å². The van der Waals surface area contributed by atoms with Gasteiger partial charge in [0.15, 0.2) is 11.6 Å². The molecule has 0 spiro atoms. The topological polar surface area (TPSA) is 116 Å². The van der Waals surface area contributed by atoms with Crippen LogP contribution in [0.25, 0.3) is 22.2 Å². The maximum absolute atomic E-state index is 14.6. The first-order valence-corrected chi connectivity index (χ1v) is 12.2. The van der Waals surface area contributed by atoms with Crippen LogP contribution in [0.15, 0.2) is 24.3 Å². The number of pyridine rings is 1. The highest BCUT2D eigenvalue weighted by Crippen LogP contribution is 2.40. The van der Waals surface area contributed by atoms with Crippen LogP contribution in [0.4, 0.5) is 19.0 Å². The Hall–Kier alpha value is -3.28. The number of aromatic nitrogens is 2. The van der Waals surface area contributed by atoms with Crippen molar-refractivity contribution in [3.8, 4) is 17.0 Å². The summed E-state index contributed by atoms with van der Waals surface area (Å²) in [7, 11) is -3.74. The van der Waals surface area contributed by atoms with Crippen LogP contribution in [0.5, 0.6) is 5.75 Å². The molecule has 12 heteroatoms. The maximum Gasteiger partial charge on any atom is 0.387 e. The van der Waals surface area contributed by atoms with E-state index in [1.165, 1.54) is 6.07 Å². The summed E-state index contributed by atoms with van der Waals surface area (Å²) in [6, 6.07) is 4.72. The van der Waals surface area contributed by atoms with E-state index in [-0.39, 0.29) is 28.3 Å². The highest BCUT2D eigenvalue weighted by Gasteiger charge is 2.30. The second-order valence-electron chi connectivity index (χ2n) is 9.28. The van der Waals surface area contributed by atoms with Crippen LogP contribution in [0, 0.1) is 12.7 Å². The number of sulfonamides is 1. The second-order valence-corrected chi connectivity index (χ2v) is 11.7. The number of aryl methyl sites for hydroxylation is 1. The second kappa shape index (κ2) is 9.06. The average molecular weight is 513 g/mol. The first kappa shape index (κ1) is 26.3. The van der Waals surface area contributed by atoms with E-state index in [1.807, 2.05) is 0 Å². The number of halogens is 3. The molecule has 0 radical (unpaired) electrons. The minimum Gasteiger partial charge on any atom is -0.432 e. The Balaban J connectivity index is 2.29. The Morgan fingerprint density at radius 2 is 1.83 bits per heavy atom. The zero-order valence-corrected chi connectivity index (χ0v) is 20.9. The largest absolute Gasteiger partial charge is 0.432 e. The Bertz CT molecular complexity index is 1410. The third kappa shape index (κ3) is 4.93. The van der Waals surface area contributed by atoms with Gasteiger partial charge in [-0.1, -0.05) is 0 Å². The van der Waals surface area contributed by atoms with E-state index < -0.39 is 38.9 Å². The number of benzene rings is 1. The molecule has 3 N–H and O–H groups in total. The number of hydrogen-bond acceptors (Lipinski definition) is 5. The highest BCUT2D eigenvalue weighted by molar-refractivity contribution is 7.94. The van der Waals surface area contributed by atoms with Gasteiger partial charge in [0.1, 0.15) is 5.82 Å². The number of rotatable bonds is 7. The van der Waals surface area contributed by atoms with Crippen molar-refractivity contribution in [1.82, 2.24) is 9.55 Å². The summed E-state index contributed by atoms with van der Waals surface area (Å²) in [5.41, 5.74) is 7.00. The first-order valence-electron chi connectivity index (χ1n) is 10.7. The number of alkyl halides is 2. The van der Waals surface area contributed by atoms with E-state index in [9.17, 15) is 26.4 Å². The van der Waals surface area contributed by atoms with Gasteiger partial charge in [0.25, 0.3) is 5.91 Å². The molecule has 190 valence electrons. The van der Waals surface area contributed by atoms with Crippen LogP contribution in [0.3, 0.4) is 0 Å². The van der Waals surface area contributed by atoms with Crippen LogP contribution in [-0.4, -0.2) is 35.2 Å². The summed E-state index contributed by atoms with van der Waals surface area (Å²) in [5, 5.41) is 0.122. The van der Waals surface area contributed by atoms with Crippen molar-refractivity contribution >= 4 is 32.7 Å². The van der Waals surface area contributed by atoms with Crippen molar-refractivity contribution in [3.05, 3.63) is 41.3 Å². The Morgan fingerprint density at radius 3 is 2.31 bits per heavy atom. The zero-order chi connectivity index (χ0) is 26.5. The van der Waals surface area contributed by atoms with Crippen molar-refractivity contribution in [2.75, 3.05) is 4.72 Å². The number of anilines is 1. The molecule has 0 saturated heterocycles. The molecule has 0 atom stereocenters. The molecule has 3 rings (SSSR count). The summed E-state index contributed by atoms with van der Waals surface area (Å²) in [5.74, 6) is -2.53. The van der Waals surface area contributed by atoms with Gasteiger partial charge in [-0.2, -0.15) is 8.78 Å². The highest BCUT2D eigenvalue weighted by atomic mass is 32.2. The summed E-state index contributed by atoms with van der Waals surface area (Å²) in [4.78, 5) is 16.9. The van der Waals surface area contributed by atoms with Crippen LogP contribution < -0.4 is 15.2 Å². The molecule has 0 unspecified atom stereocenters. The van der Waals surface area contributed by atoms with Crippen LogP contribution in [0.1, 0.15) is 56.7 Å². The molecule has 2 aromatic heterocycles. The van der Waals surface area contributed by atoms with Crippen molar-refractivity contribution in [2.45, 2.75) is 58.9 Å². The maximum atomic E-state index is 14.6. The fourth-order valence-corrected chi connectivity index (χ4v) is 4.40. The fraction of sp³-hybridized carbons (Fsp3) is 0.391. The van der Waals surface area contributed by atoms with Gasteiger partial charge in [-0.05, 0) is 59.7 Å². The molecule has 0 saturated carbocycles. The Kier molecular flexibility index (Phi) is 6.82. The summed E-state index contributed by atoms with van der Waals surface area (Å²) < 4.78 is 72.5. The van der Waals surface area contributed by atoms with Crippen molar-refractivity contribution in [2.24, 2.45) is 5.73 Å². The first-order chi connectivity index (χ1) is 16.0. The van der Waals surface area contributed by atoms with E-state index in [4.69, 9.17) is 5.73 Å². The molecular formula is C23H27F3N4O4S. The molecule has 2 heterocycles. The lowest BCUT2D eigenvalue weighted by Crippen LogP contribution is -2.34. The van der Waals surface area contributed by atoms with Crippen molar-refractivity contribution in [3.63, 3.8) is 0 Å². The molecule has 1 amide bonds. The van der Waals surface area contributed by atoms with Crippen LogP contribution >= 0.6 is 0 Å². The molecular weight excluding hydrogens is 485 g/mol. The SMILES string of the molecule is Cc1nc(NS(=O)(=O)C(C)(C)C)ccc1-c1c(C(N)=O)c2cc(F)c(OC(F)F)cc2n1C(C)C. The number of carbonyl (C=O) groups is 1. The number of ether oxygens (including phenoxy) is 1. The lowest BCUT2D eigenvalue weighted by atomic mass is 10.0. The monoisotopic (exact) mass is 512 g/mol. The van der Waals surface area contributed by atoms with Gasteiger partial charge in [0, 0.05) is 28.8 Å². The summed E-state index contributed by atoms with van der Waals surface area (Å²) in [6.07, 6.45) is 0. The van der Waals surface area contributed by atoms with Gasteiger partial charge in [0.05, 0.1) is 21.5 Å². The van der Waals surface area contributed by atoms with Gasteiger partial charge in [-0.15, -0.1) is 0 Å². The van der Waals surface area contributed by atoms with Crippen molar-refractivity contribution in [1.29, 1.82) is 0 Å². The number of nitrogens with one attached hydrogen (secondary N) is 1. The molecule has 8 nitrogen and oxygen atoms in total. The van der Waals surface area contributed by atoms with Gasteiger partial charge in [-0.25, -0.2) is 17.8 Å². The molecule has 0 fully saturated rings. The Labute approximate surface area is 201 Å². The fourth-order valence-electron chi connectivity index (χ4n) is 3.71. The number of nitrogens with zero attached hydrogens (tertiary/aromatic N) is 2. The third-order valence-corrected chi connectivity index (χ3v) is 7.51. The van der Waals surface area contributed by atoms with E-state index in [0.717, 1.165) is 12.1 Å². The smallest absolute Gasteiger partial charge is 0.387 e. The lowest BCUT2D eigenvalue weighted by Gasteiger charge is -2.21. The van der Waals surface area contributed by atoms with Gasteiger partial charge < -0.3 is 15.0 Å². The number of primary amides is 1. The quantitative estimate of drug-likeness (QED) is 0.464. The van der Waals surface area contributed by atoms with E-state index in [0.29, 0.717) is 17.0 Å². The molecule has 0 bridgehead atoms. The molecule has 0 aliphatic carbocycles. The lowest BCUT2D eigenvalue weighted by molar-refractivity contribution is -0.0521. The number of fused-ring (bicyclic) bond motifs is 1. The normalized spacial score (nSPS) is 12.5. The van der Waals surface area contributed by atoms with Gasteiger partial charge in [-0.3, -0.25) is 9.52 Å². The number of amides is 1. The molecule has 3 aromatic rings. The number of nitrogens with two attached hydrogens (primary N) is 1. The average Bonchev–Trinajstić information content (AvgIpc) is 3.00. The molecule has 0 aliphatic heterocycles. The minimum atomic E-state index is -3.74. The Morgan fingerprint density at radius 1 is 1.20 bits per heavy atom. The molecule has 1 aromatic carbocycles. The summed E-state index contributed by atoms with van der Waals surface area (Å²) >= 11 is 0. The van der Waals surface area contributed by atoms with Gasteiger partial charge in [0.2, 0.25) is 10.0 Å². The van der Waals surface area contributed by atoms with E-state index in [2.05, 4.69) is 14.4 Å². The molecule has 35 heavy (non-hydrogen) atoms. The summed E-state index contributed by atoms with van der Waals surface area (Å²) in [6.45, 7) is 6.59. The van der Waals surface area contributed by atoms with E-state index in [1.54, 1.807) is 52.2 Å².